The predicted octanol–water partition coefficient (Wildman–Crippen LogP) is 5.09. The lowest BCUT2D eigenvalue weighted by Crippen LogP contribution is -2.13. The van der Waals surface area contributed by atoms with Crippen LogP contribution in [0.25, 0.3) is 16.9 Å². The van der Waals surface area contributed by atoms with Crippen LogP contribution in [0.1, 0.15) is 29.1 Å². The van der Waals surface area contributed by atoms with Crippen molar-refractivity contribution in [3.05, 3.63) is 108 Å². The van der Waals surface area contributed by atoms with Gasteiger partial charge in [-0.15, -0.1) is 0 Å². The van der Waals surface area contributed by atoms with Crippen molar-refractivity contribution in [1.82, 2.24) is 14.4 Å². The monoisotopic (exact) mass is 497 g/mol. The SMILES string of the molecule is COCCC(=O)OCOc1c(Cc2ccco2)nc2c(Cc3ccccc3)nc(-c3ccccc3)cn12. The smallest absolute Gasteiger partial charge is 0.311 e. The van der Waals surface area contributed by atoms with Crippen LogP contribution in [0.4, 0.5) is 0 Å². The minimum absolute atomic E-state index is 0.148. The minimum atomic E-state index is -0.403. The van der Waals surface area contributed by atoms with E-state index in [9.17, 15) is 4.79 Å². The summed E-state index contributed by atoms with van der Waals surface area (Å²) < 4.78 is 23.7. The molecule has 8 heteroatoms. The van der Waals surface area contributed by atoms with E-state index in [0.717, 1.165) is 28.3 Å². The average Bonchev–Trinajstić information content (AvgIpc) is 3.57. The summed E-state index contributed by atoms with van der Waals surface area (Å²) in [5.74, 6) is 0.811. The van der Waals surface area contributed by atoms with Crippen molar-refractivity contribution >= 4 is 11.6 Å². The third-order valence-electron chi connectivity index (χ3n) is 5.83. The van der Waals surface area contributed by atoms with Crippen molar-refractivity contribution < 1.29 is 23.4 Å². The second-order valence-corrected chi connectivity index (χ2v) is 8.44. The highest BCUT2D eigenvalue weighted by molar-refractivity contribution is 5.69. The maximum Gasteiger partial charge on any atom is 0.311 e. The van der Waals surface area contributed by atoms with Crippen LogP contribution in [0.15, 0.2) is 89.7 Å². The van der Waals surface area contributed by atoms with E-state index in [-0.39, 0.29) is 19.8 Å². The van der Waals surface area contributed by atoms with Gasteiger partial charge >= 0.3 is 5.97 Å². The van der Waals surface area contributed by atoms with Crippen LogP contribution in [-0.2, 0) is 27.1 Å². The Morgan fingerprint density at radius 1 is 0.919 bits per heavy atom. The quantitative estimate of drug-likeness (QED) is 0.186. The first-order valence-electron chi connectivity index (χ1n) is 12.0. The van der Waals surface area contributed by atoms with Gasteiger partial charge in [-0.2, -0.15) is 0 Å². The summed E-state index contributed by atoms with van der Waals surface area (Å²) in [5.41, 5.74) is 5.00. The van der Waals surface area contributed by atoms with Gasteiger partial charge in [0.25, 0.3) is 0 Å². The number of nitrogens with zero attached hydrogens (tertiary/aromatic N) is 3. The first-order valence-corrected chi connectivity index (χ1v) is 12.0. The molecule has 0 N–H and O–H groups in total. The third-order valence-corrected chi connectivity index (χ3v) is 5.83. The lowest BCUT2D eigenvalue weighted by molar-refractivity contribution is -0.151. The molecule has 0 spiro atoms. The number of esters is 1. The fraction of sp³-hybridized carbons (Fsp3) is 0.207. The number of imidazole rings is 1. The molecular formula is C29H27N3O5. The van der Waals surface area contributed by atoms with Crippen LogP contribution in [0, 0.1) is 0 Å². The van der Waals surface area contributed by atoms with E-state index >= 15 is 0 Å². The number of carbonyl (C=O) groups is 1. The molecule has 2 aromatic carbocycles. The first kappa shape index (κ1) is 24.3. The van der Waals surface area contributed by atoms with Crippen LogP contribution in [0.3, 0.4) is 0 Å². The van der Waals surface area contributed by atoms with Crippen molar-refractivity contribution in [3.63, 3.8) is 0 Å². The summed E-state index contributed by atoms with van der Waals surface area (Å²) in [6, 6.07) is 23.8. The predicted molar refractivity (Wildman–Crippen MR) is 137 cm³/mol. The number of aromatic nitrogens is 3. The minimum Gasteiger partial charge on any atom is -0.469 e. The Balaban J connectivity index is 1.57. The van der Waals surface area contributed by atoms with E-state index < -0.39 is 5.97 Å². The molecule has 0 amide bonds. The van der Waals surface area contributed by atoms with Crippen molar-refractivity contribution in [1.29, 1.82) is 0 Å². The summed E-state index contributed by atoms with van der Waals surface area (Å²) in [4.78, 5) is 21.9. The molecule has 0 fully saturated rings. The molecule has 0 unspecified atom stereocenters. The highest BCUT2D eigenvalue weighted by atomic mass is 16.7. The molecule has 0 saturated carbocycles. The van der Waals surface area contributed by atoms with Crippen molar-refractivity contribution in [3.8, 4) is 17.1 Å². The summed E-state index contributed by atoms with van der Waals surface area (Å²) in [7, 11) is 1.54. The molecule has 0 aliphatic carbocycles. The second kappa shape index (κ2) is 11.5. The number of rotatable bonds is 11. The zero-order chi connectivity index (χ0) is 25.5. The molecule has 5 rings (SSSR count). The normalized spacial score (nSPS) is 11.1. The first-order chi connectivity index (χ1) is 18.2. The molecule has 37 heavy (non-hydrogen) atoms. The molecule has 3 heterocycles. The van der Waals surface area contributed by atoms with Gasteiger partial charge in [-0.1, -0.05) is 60.7 Å². The fourth-order valence-corrected chi connectivity index (χ4v) is 4.05. The lowest BCUT2D eigenvalue weighted by atomic mass is 10.1. The average molecular weight is 498 g/mol. The number of carbonyl (C=O) groups excluding carboxylic acids is 1. The maximum absolute atomic E-state index is 12.0. The molecule has 5 aromatic rings. The van der Waals surface area contributed by atoms with E-state index in [1.807, 2.05) is 71.3 Å². The maximum atomic E-state index is 12.0. The molecule has 0 atom stereocenters. The zero-order valence-corrected chi connectivity index (χ0v) is 20.5. The van der Waals surface area contributed by atoms with Crippen LogP contribution in [-0.4, -0.2) is 40.8 Å². The number of furan rings is 1. The Labute approximate surface area is 214 Å². The van der Waals surface area contributed by atoms with Crippen LogP contribution >= 0.6 is 0 Å². The van der Waals surface area contributed by atoms with Crippen molar-refractivity contribution in [2.24, 2.45) is 0 Å². The number of ether oxygens (including phenoxy) is 3. The molecule has 0 saturated heterocycles. The molecule has 0 aliphatic heterocycles. The Bertz CT molecular complexity index is 1450. The Kier molecular flexibility index (Phi) is 7.57. The van der Waals surface area contributed by atoms with Crippen molar-refractivity contribution in [2.75, 3.05) is 20.5 Å². The van der Waals surface area contributed by atoms with Gasteiger partial charge in [0.05, 0.1) is 37.1 Å². The summed E-state index contributed by atoms with van der Waals surface area (Å²) in [5, 5.41) is 0. The van der Waals surface area contributed by atoms with Gasteiger partial charge in [0, 0.05) is 25.3 Å². The number of hydrogen-bond acceptors (Lipinski definition) is 7. The van der Waals surface area contributed by atoms with Gasteiger partial charge in [0.2, 0.25) is 12.7 Å². The third kappa shape index (κ3) is 5.87. The Morgan fingerprint density at radius 3 is 2.43 bits per heavy atom. The molecule has 188 valence electrons. The van der Waals surface area contributed by atoms with Crippen LogP contribution < -0.4 is 4.74 Å². The van der Waals surface area contributed by atoms with E-state index in [2.05, 4.69) is 12.1 Å². The lowest BCUT2D eigenvalue weighted by Gasteiger charge is -2.11. The van der Waals surface area contributed by atoms with E-state index in [0.29, 0.717) is 30.1 Å². The van der Waals surface area contributed by atoms with E-state index in [1.165, 1.54) is 7.11 Å². The van der Waals surface area contributed by atoms with Crippen molar-refractivity contribution in [2.45, 2.75) is 19.3 Å². The van der Waals surface area contributed by atoms with Gasteiger partial charge in [-0.05, 0) is 17.7 Å². The molecule has 0 bridgehead atoms. The van der Waals surface area contributed by atoms with Gasteiger partial charge in [0.15, 0.2) is 5.65 Å². The van der Waals surface area contributed by atoms with Crippen LogP contribution in [0.2, 0.25) is 0 Å². The van der Waals surface area contributed by atoms with Gasteiger partial charge in [-0.3, -0.25) is 9.20 Å². The number of methoxy groups -OCH3 is 1. The van der Waals surface area contributed by atoms with Gasteiger partial charge in [0.1, 0.15) is 11.5 Å². The topological polar surface area (TPSA) is 88.1 Å². The second-order valence-electron chi connectivity index (χ2n) is 8.44. The number of hydrogen-bond donors (Lipinski definition) is 0. The fourth-order valence-electron chi connectivity index (χ4n) is 4.05. The zero-order valence-electron chi connectivity index (χ0n) is 20.5. The summed E-state index contributed by atoms with van der Waals surface area (Å²) in [6.45, 7) is 0.0334. The molecule has 8 nitrogen and oxygen atoms in total. The molecule has 0 radical (unpaired) electrons. The largest absolute Gasteiger partial charge is 0.469 e. The van der Waals surface area contributed by atoms with E-state index in [1.54, 1.807) is 6.26 Å². The standard InChI is InChI=1S/C29H27N3O5/c1-34-16-14-27(33)36-20-37-29-25(18-23-13-8-15-35-23)31-28-24(17-21-9-4-2-5-10-21)30-26(19-32(28)29)22-11-6-3-7-12-22/h2-13,15,19H,14,16-18,20H2,1H3. The molecule has 3 aromatic heterocycles. The number of benzene rings is 2. The summed E-state index contributed by atoms with van der Waals surface area (Å²) >= 11 is 0. The van der Waals surface area contributed by atoms with Crippen LogP contribution in [0.5, 0.6) is 5.88 Å². The Hall–Kier alpha value is -4.43. The molecular weight excluding hydrogens is 470 g/mol. The van der Waals surface area contributed by atoms with E-state index in [4.69, 9.17) is 28.6 Å². The molecule has 0 aliphatic rings. The summed E-state index contributed by atoms with van der Waals surface area (Å²) in [6.07, 6.45) is 4.68. The van der Waals surface area contributed by atoms with Gasteiger partial charge in [-0.25, -0.2) is 9.97 Å². The number of fused-ring (bicyclic) bond motifs is 1. The van der Waals surface area contributed by atoms with Gasteiger partial charge < -0.3 is 18.6 Å². The highest BCUT2D eigenvalue weighted by Crippen LogP contribution is 2.29. The Morgan fingerprint density at radius 2 is 1.70 bits per heavy atom. The highest BCUT2D eigenvalue weighted by Gasteiger charge is 2.21.